The molecule has 2 N–H and O–H groups in total. The van der Waals surface area contributed by atoms with Gasteiger partial charge in [-0.1, -0.05) is 42.2 Å². The number of thiocarbonyl (C=S) groups is 1. The summed E-state index contributed by atoms with van der Waals surface area (Å²) in [5.74, 6) is -0.163. The molecule has 0 aliphatic carbocycles. The predicted octanol–water partition coefficient (Wildman–Crippen LogP) is 1.67. The molecule has 2 rings (SSSR count). The Morgan fingerprint density at radius 1 is 1.50 bits per heavy atom. The standard InChI is InChI=1S/C11H9NO2S2/c13-6-8-3-1-2-7(4-8)5-9-10(14)12-11(15)16-9/h1-5,13H,6H2,(H,12,14,15). The minimum absolute atomic E-state index is 0.00519. The third-order valence-corrected chi connectivity index (χ3v) is 3.24. The van der Waals surface area contributed by atoms with Gasteiger partial charge in [0.25, 0.3) is 5.91 Å². The predicted molar refractivity (Wildman–Crippen MR) is 68.7 cm³/mol. The molecule has 1 amide bonds. The third kappa shape index (κ3) is 2.49. The summed E-state index contributed by atoms with van der Waals surface area (Å²) in [6, 6.07) is 7.38. The Labute approximate surface area is 103 Å². The van der Waals surface area contributed by atoms with Crippen LogP contribution in [0.15, 0.2) is 29.2 Å². The molecule has 1 aromatic rings. The Kier molecular flexibility index (Phi) is 3.38. The highest BCUT2D eigenvalue weighted by atomic mass is 32.2. The van der Waals surface area contributed by atoms with Gasteiger partial charge in [-0.15, -0.1) is 0 Å². The highest BCUT2D eigenvalue weighted by Gasteiger charge is 2.21. The number of benzene rings is 1. The smallest absolute Gasteiger partial charge is 0.263 e. The van der Waals surface area contributed by atoms with Crippen molar-refractivity contribution in [2.24, 2.45) is 0 Å². The maximum Gasteiger partial charge on any atom is 0.263 e. The Balaban J connectivity index is 2.28. The van der Waals surface area contributed by atoms with E-state index < -0.39 is 0 Å². The molecule has 0 saturated carbocycles. The Morgan fingerprint density at radius 2 is 2.31 bits per heavy atom. The van der Waals surface area contributed by atoms with E-state index in [1.165, 1.54) is 11.8 Å². The summed E-state index contributed by atoms with van der Waals surface area (Å²) in [5.41, 5.74) is 1.70. The van der Waals surface area contributed by atoms with Crippen LogP contribution < -0.4 is 5.32 Å². The number of aliphatic hydroxyl groups is 1. The summed E-state index contributed by atoms with van der Waals surface area (Å²) in [7, 11) is 0. The van der Waals surface area contributed by atoms with Crippen LogP contribution in [0.1, 0.15) is 11.1 Å². The van der Waals surface area contributed by atoms with Gasteiger partial charge in [0.2, 0.25) is 0 Å². The third-order valence-electron chi connectivity index (χ3n) is 2.07. The second-order valence-electron chi connectivity index (χ2n) is 3.26. The van der Waals surface area contributed by atoms with Gasteiger partial charge in [-0.3, -0.25) is 4.79 Å². The van der Waals surface area contributed by atoms with Crippen LogP contribution in [0.3, 0.4) is 0 Å². The molecule has 3 nitrogen and oxygen atoms in total. The maximum atomic E-state index is 11.4. The first-order valence-corrected chi connectivity index (χ1v) is 5.86. The SMILES string of the molecule is O=C1NC(=S)SC1=Cc1cccc(CO)c1. The van der Waals surface area contributed by atoms with Crippen LogP contribution >= 0.6 is 24.0 Å². The minimum Gasteiger partial charge on any atom is -0.392 e. The summed E-state index contributed by atoms with van der Waals surface area (Å²) in [5, 5.41) is 11.5. The monoisotopic (exact) mass is 251 g/mol. The highest BCUT2D eigenvalue weighted by Crippen LogP contribution is 2.25. The largest absolute Gasteiger partial charge is 0.392 e. The fourth-order valence-electron chi connectivity index (χ4n) is 1.35. The van der Waals surface area contributed by atoms with Gasteiger partial charge >= 0.3 is 0 Å². The van der Waals surface area contributed by atoms with Gasteiger partial charge < -0.3 is 10.4 Å². The lowest BCUT2D eigenvalue weighted by molar-refractivity contribution is -0.115. The number of nitrogens with one attached hydrogen (secondary N) is 1. The minimum atomic E-state index is -0.163. The molecule has 1 heterocycles. The van der Waals surface area contributed by atoms with E-state index in [9.17, 15) is 4.79 Å². The van der Waals surface area contributed by atoms with Gasteiger partial charge in [0, 0.05) is 0 Å². The van der Waals surface area contributed by atoms with Crippen molar-refractivity contribution >= 4 is 40.3 Å². The van der Waals surface area contributed by atoms with Gasteiger partial charge in [-0.05, 0) is 23.3 Å². The topological polar surface area (TPSA) is 49.3 Å². The summed E-state index contributed by atoms with van der Waals surface area (Å²) >= 11 is 6.14. The second-order valence-corrected chi connectivity index (χ2v) is 4.97. The van der Waals surface area contributed by atoms with E-state index in [1.807, 2.05) is 24.3 Å². The van der Waals surface area contributed by atoms with Crippen molar-refractivity contribution in [3.8, 4) is 0 Å². The normalized spacial score (nSPS) is 17.9. The number of hydrogen-bond acceptors (Lipinski definition) is 4. The van der Waals surface area contributed by atoms with Gasteiger partial charge in [0.1, 0.15) is 4.32 Å². The van der Waals surface area contributed by atoms with E-state index in [2.05, 4.69) is 5.32 Å². The van der Waals surface area contributed by atoms with Crippen molar-refractivity contribution in [2.45, 2.75) is 6.61 Å². The summed E-state index contributed by atoms with van der Waals surface area (Å²) < 4.78 is 0.481. The first kappa shape index (κ1) is 11.3. The molecular weight excluding hydrogens is 242 g/mol. The molecular formula is C11H9NO2S2. The lowest BCUT2D eigenvalue weighted by atomic mass is 10.1. The van der Waals surface area contributed by atoms with E-state index in [0.29, 0.717) is 9.23 Å². The molecule has 1 saturated heterocycles. The number of carbonyl (C=O) groups excluding carboxylic acids is 1. The molecule has 1 aliphatic heterocycles. The quantitative estimate of drug-likeness (QED) is 0.620. The number of carbonyl (C=O) groups is 1. The van der Waals surface area contributed by atoms with Gasteiger partial charge in [0.15, 0.2) is 0 Å². The molecule has 1 aromatic carbocycles. The van der Waals surface area contributed by atoms with Gasteiger partial charge in [-0.25, -0.2) is 0 Å². The Bertz CT molecular complexity index is 483. The molecule has 16 heavy (non-hydrogen) atoms. The number of rotatable bonds is 2. The van der Waals surface area contributed by atoms with Crippen molar-refractivity contribution in [1.82, 2.24) is 5.32 Å². The van der Waals surface area contributed by atoms with Gasteiger partial charge in [-0.2, -0.15) is 0 Å². The summed E-state index contributed by atoms with van der Waals surface area (Å²) in [6.07, 6.45) is 1.76. The van der Waals surface area contributed by atoms with Crippen molar-refractivity contribution in [2.75, 3.05) is 0 Å². The number of aliphatic hydroxyl groups excluding tert-OH is 1. The van der Waals surface area contributed by atoms with E-state index in [0.717, 1.165) is 11.1 Å². The lowest BCUT2D eigenvalue weighted by Gasteiger charge is -1.98. The average molecular weight is 251 g/mol. The first-order chi connectivity index (χ1) is 7.69. The molecule has 0 spiro atoms. The molecule has 1 fully saturated rings. The van der Waals surface area contributed by atoms with Crippen LogP contribution in [0.4, 0.5) is 0 Å². The van der Waals surface area contributed by atoms with Crippen LogP contribution in [0.5, 0.6) is 0 Å². The van der Waals surface area contributed by atoms with Crippen LogP contribution in [-0.4, -0.2) is 15.3 Å². The first-order valence-electron chi connectivity index (χ1n) is 4.63. The van der Waals surface area contributed by atoms with E-state index in [4.69, 9.17) is 17.3 Å². The zero-order valence-corrected chi connectivity index (χ0v) is 9.90. The molecule has 0 atom stereocenters. The molecule has 5 heteroatoms. The van der Waals surface area contributed by atoms with Crippen LogP contribution in [0, 0.1) is 0 Å². The molecule has 0 unspecified atom stereocenters. The lowest BCUT2D eigenvalue weighted by Crippen LogP contribution is -2.17. The number of amides is 1. The second kappa shape index (κ2) is 4.78. The molecule has 1 aliphatic rings. The number of hydrogen-bond donors (Lipinski definition) is 2. The summed E-state index contributed by atoms with van der Waals surface area (Å²) in [4.78, 5) is 12.0. The number of thioether (sulfide) groups is 1. The van der Waals surface area contributed by atoms with E-state index >= 15 is 0 Å². The van der Waals surface area contributed by atoms with E-state index in [-0.39, 0.29) is 12.5 Å². The van der Waals surface area contributed by atoms with E-state index in [1.54, 1.807) is 6.08 Å². The van der Waals surface area contributed by atoms with Crippen LogP contribution in [0.25, 0.3) is 6.08 Å². The zero-order chi connectivity index (χ0) is 11.5. The average Bonchev–Trinajstić information content (AvgIpc) is 2.58. The van der Waals surface area contributed by atoms with Crippen molar-refractivity contribution in [3.63, 3.8) is 0 Å². The Morgan fingerprint density at radius 3 is 2.94 bits per heavy atom. The van der Waals surface area contributed by atoms with Crippen molar-refractivity contribution in [1.29, 1.82) is 0 Å². The van der Waals surface area contributed by atoms with Crippen LogP contribution in [-0.2, 0) is 11.4 Å². The fourth-order valence-corrected chi connectivity index (χ4v) is 2.40. The van der Waals surface area contributed by atoms with Crippen molar-refractivity contribution in [3.05, 3.63) is 40.3 Å². The fraction of sp³-hybridized carbons (Fsp3) is 0.0909. The van der Waals surface area contributed by atoms with Crippen molar-refractivity contribution < 1.29 is 9.90 Å². The molecule has 0 radical (unpaired) electrons. The zero-order valence-electron chi connectivity index (χ0n) is 8.27. The maximum absolute atomic E-state index is 11.4. The van der Waals surface area contributed by atoms with Crippen LogP contribution in [0.2, 0.25) is 0 Å². The Hall–Kier alpha value is -1.17. The summed E-state index contributed by atoms with van der Waals surface area (Å²) in [6.45, 7) is -0.00519. The van der Waals surface area contributed by atoms with Gasteiger partial charge in [0.05, 0.1) is 11.5 Å². The molecule has 0 aromatic heterocycles. The highest BCUT2D eigenvalue weighted by molar-refractivity contribution is 8.26. The molecule has 0 bridgehead atoms. The molecule has 82 valence electrons.